The molecule has 1 aromatic carbocycles. The zero-order valence-electron chi connectivity index (χ0n) is 20.4. The number of rotatable bonds is 16. The van der Waals surface area contributed by atoms with E-state index in [1.165, 1.54) is 0 Å². The van der Waals surface area contributed by atoms with Crippen molar-refractivity contribution in [3.63, 3.8) is 0 Å². The van der Waals surface area contributed by atoms with Crippen LogP contribution in [0.1, 0.15) is 45.1 Å². The highest BCUT2D eigenvalue weighted by atomic mass is 32.1. The van der Waals surface area contributed by atoms with Gasteiger partial charge in [-0.2, -0.15) is 12.6 Å². The van der Waals surface area contributed by atoms with E-state index in [0.717, 1.165) is 5.56 Å². The summed E-state index contributed by atoms with van der Waals surface area (Å²) in [5.41, 5.74) is 12.2. The molecule has 0 aliphatic heterocycles. The van der Waals surface area contributed by atoms with Crippen LogP contribution in [0, 0.1) is 5.92 Å². The Bertz CT molecular complexity index is 826. The van der Waals surface area contributed by atoms with Gasteiger partial charge in [-0.15, -0.1) is 0 Å². The van der Waals surface area contributed by atoms with Crippen molar-refractivity contribution in [2.24, 2.45) is 17.4 Å². The van der Waals surface area contributed by atoms with E-state index in [9.17, 15) is 24.3 Å². The molecule has 0 spiro atoms. The predicted molar refractivity (Wildman–Crippen MR) is 138 cm³/mol. The Morgan fingerprint density at radius 2 is 1.51 bits per heavy atom. The van der Waals surface area contributed by atoms with Crippen molar-refractivity contribution in [2.75, 3.05) is 12.3 Å². The number of aliphatic carboxylic acids is 1. The summed E-state index contributed by atoms with van der Waals surface area (Å²) in [5, 5.41) is 17.3. The third kappa shape index (κ3) is 10.7. The molecule has 0 aliphatic rings. The van der Waals surface area contributed by atoms with Crippen molar-refractivity contribution in [2.45, 2.75) is 70.1 Å². The van der Waals surface area contributed by atoms with Gasteiger partial charge in [0.05, 0.1) is 6.04 Å². The highest BCUT2D eigenvalue weighted by molar-refractivity contribution is 7.80. The van der Waals surface area contributed by atoms with E-state index >= 15 is 0 Å². The predicted octanol–water partition coefficient (Wildman–Crippen LogP) is 0.200. The van der Waals surface area contributed by atoms with Crippen molar-refractivity contribution in [3.8, 4) is 0 Å². The molecule has 196 valence electrons. The number of hydrogen-bond donors (Lipinski definition) is 7. The summed E-state index contributed by atoms with van der Waals surface area (Å²) in [6.45, 7) is 4.17. The lowest BCUT2D eigenvalue weighted by Gasteiger charge is -2.25. The van der Waals surface area contributed by atoms with E-state index in [4.69, 9.17) is 11.5 Å². The van der Waals surface area contributed by atoms with Crippen LogP contribution in [0.5, 0.6) is 0 Å². The summed E-state index contributed by atoms with van der Waals surface area (Å²) in [6, 6.07) is 5.02. The van der Waals surface area contributed by atoms with Gasteiger partial charge in [0.2, 0.25) is 17.7 Å². The van der Waals surface area contributed by atoms with E-state index in [2.05, 4.69) is 28.6 Å². The number of carboxylic acids is 1. The molecule has 0 aromatic heterocycles. The number of thiol groups is 1. The number of unbranched alkanes of at least 4 members (excludes halogenated alkanes) is 1. The number of carbonyl (C=O) groups is 4. The van der Waals surface area contributed by atoms with Gasteiger partial charge in [0.15, 0.2) is 0 Å². The van der Waals surface area contributed by atoms with Crippen LogP contribution < -0.4 is 27.4 Å². The quantitative estimate of drug-likeness (QED) is 0.123. The van der Waals surface area contributed by atoms with E-state index in [0.29, 0.717) is 25.8 Å². The Labute approximate surface area is 212 Å². The molecule has 0 heterocycles. The summed E-state index contributed by atoms with van der Waals surface area (Å²) in [6.07, 6.45) is 2.21. The number of amides is 3. The second kappa shape index (κ2) is 16.1. The van der Waals surface area contributed by atoms with Gasteiger partial charge in [0, 0.05) is 12.2 Å². The Hall–Kier alpha value is -2.63. The average Bonchev–Trinajstić information content (AvgIpc) is 2.85. The third-order valence-corrected chi connectivity index (χ3v) is 6.22. The summed E-state index contributed by atoms with van der Waals surface area (Å²) in [4.78, 5) is 50.2. The average molecular weight is 510 g/mol. The van der Waals surface area contributed by atoms with Gasteiger partial charge in [-0.3, -0.25) is 14.4 Å². The number of hydrogen-bond acceptors (Lipinski definition) is 7. The largest absolute Gasteiger partial charge is 0.480 e. The first-order valence-corrected chi connectivity index (χ1v) is 12.5. The fourth-order valence-corrected chi connectivity index (χ4v) is 3.59. The molecule has 35 heavy (non-hydrogen) atoms. The van der Waals surface area contributed by atoms with Crippen LogP contribution in [-0.4, -0.2) is 65.3 Å². The van der Waals surface area contributed by atoms with Gasteiger partial charge in [0.1, 0.15) is 18.1 Å². The molecule has 1 rings (SSSR count). The number of nitrogens with two attached hydrogens (primary N) is 2. The molecular formula is C24H39N5O5S. The fraction of sp³-hybridized carbons (Fsp3) is 0.583. The van der Waals surface area contributed by atoms with Crippen LogP contribution in [0.15, 0.2) is 30.3 Å². The van der Waals surface area contributed by atoms with Gasteiger partial charge in [-0.05, 0) is 37.3 Å². The number of nitrogens with one attached hydrogen (secondary N) is 3. The molecule has 0 aliphatic carbocycles. The zero-order chi connectivity index (χ0) is 26.4. The van der Waals surface area contributed by atoms with E-state index in [-0.39, 0.29) is 24.5 Å². The second-order valence-electron chi connectivity index (χ2n) is 8.59. The number of carbonyl (C=O) groups excluding carboxylic acids is 3. The number of benzene rings is 1. The minimum absolute atomic E-state index is 0.0126. The normalized spacial score (nSPS) is 15.2. The maximum atomic E-state index is 13.1. The molecule has 1 aromatic rings. The van der Waals surface area contributed by atoms with Gasteiger partial charge in [0.25, 0.3) is 0 Å². The summed E-state index contributed by atoms with van der Waals surface area (Å²) < 4.78 is 0. The van der Waals surface area contributed by atoms with Crippen LogP contribution in [-0.2, 0) is 25.6 Å². The molecule has 0 bridgehead atoms. The van der Waals surface area contributed by atoms with Crippen LogP contribution >= 0.6 is 12.6 Å². The molecule has 0 radical (unpaired) electrons. The molecule has 8 N–H and O–H groups in total. The van der Waals surface area contributed by atoms with Crippen LogP contribution in [0.25, 0.3) is 0 Å². The second-order valence-corrected chi connectivity index (χ2v) is 8.95. The number of carboxylic acid groups (broad SMARTS) is 1. The first-order valence-electron chi connectivity index (χ1n) is 11.9. The molecule has 11 heteroatoms. The molecule has 5 unspecified atom stereocenters. The van der Waals surface area contributed by atoms with Crippen molar-refractivity contribution in [1.82, 2.24) is 16.0 Å². The molecule has 0 fully saturated rings. The maximum Gasteiger partial charge on any atom is 0.326 e. The lowest BCUT2D eigenvalue weighted by atomic mass is 9.99. The third-order valence-electron chi connectivity index (χ3n) is 5.85. The first-order chi connectivity index (χ1) is 16.6. The highest BCUT2D eigenvalue weighted by Gasteiger charge is 2.30. The SMILES string of the molecule is CCC(C)C(N)C(=O)NC(CS)C(=O)NC(Cc1ccccc1)C(=O)NC(CCCCN)C(=O)O. The molecule has 0 saturated carbocycles. The van der Waals surface area contributed by atoms with E-state index < -0.39 is 47.9 Å². The van der Waals surface area contributed by atoms with E-state index in [1.807, 2.05) is 19.9 Å². The lowest BCUT2D eigenvalue weighted by Crippen LogP contribution is -2.58. The summed E-state index contributed by atoms with van der Waals surface area (Å²) in [7, 11) is 0. The minimum Gasteiger partial charge on any atom is -0.480 e. The minimum atomic E-state index is -1.17. The fourth-order valence-electron chi connectivity index (χ4n) is 3.33. The van der Waals surface area contributed by atoms with Gasteiger partial charge >= 0.3 is 5.97 Å². The molecular weight excluding hydrogens is 470 g/mol. The van der Waals surface area contributed by atoms with Gasteiger partial charge in [-0.1, -0.05) is 50.6 Å². The topological polar surface area (TPSA) is 177 Å². The molecule has 10 nitrogen and oxygen atoms in total. The van der Waals surface area contributed by atoms with Crippen LogP contribution in [0.4, 0.5) is 0 Å². The first kappa shape index (κ1) is 30.4. The smallest absolute Gasteiger partial charge is 0.326 e. The molecule has 5 atom stereocenters. The molecule has 0 saturated heterocycles. The highest BCUT2D eigenvalue weighted by Crippen LogP contribution is 2.08. The summed E-state index contributed by atoms with van der Waals surface area (Å²) in [5.74, 6) is -2.99. The van der Waals surface area contributed by atoms with Gasteiger partial charge < -0.3 is 32.5 Å². The van der Waals surface area contributed by atoms with E-state index in [1.54, 1.807) is 24.3 Å². The summed E-state index contributed by atoms with van der Waals surface area (Å²) >= 11 is 4.17. The Morgan fingerprint density at radius 1 is 0.943 bits per heavy atom. The Morgan fingerprint density at radius 3 is 2.06 bits per heavy atom. The Kier molecular flexibility index (Phi) is 14.0. The van der Waals surface area contributed by atoms with Crippen molar-refractivity contribution < 1.29 is 24.3 Å². The Balaban J connectivity index is 2.99. The zero-order valence-corrected chi connectivity index (χ0v) is 21.3. The van der Waals surface area contributed by atoms with Crippen LogP contribution in [0.3, 0.4) is 0 Å². The standard InChI is InChI=1S/C24H39N5O5S/c1-3-15(2)20(26)23(32)29-19(14-35)22(31)28-18(13-16-9-5-4-6-10-16)21(30)27-17(24(33)34)11-7-8-12-25/h4-6,9-10,15,17-20,35H,3,7-8,11-14,25-26H2,1-2H3,(H,27,30)(H,28,31)(H,29,32)(H,33,34). The van der Waals surface area contributed by atoms with Crippen molar-refractivity contribution >= 4 is 36.3 Å². The van der Waals surface area contributed by atoms with Crippen molar-refractivity contribution in [1.29, 1.82) is 0 Å². The van der Waals surface area contributed by atoms with Crippen LogP contribution in [0.2, 0.25) is 0 Å². The lowest BCUT2D eigenvalue weighted by molar-refractivity contribution is -0.142. The monoisotopic (exact) mass is 509 g/mol. The van der Waals surface area contributed by atoms with Crippen molar-refractivity contribution in [3.05, 3.63) is 35.9 Å². The maximum absolute atomic E-state index is 13.1. The molecule has 3 amide bonds. The van der Waals surface area contributed by atoms with Gasteiger partial charge in [-0.25, -0.2) is 4.79 Å².